The van der Waals surface area contributed by atoms with E-state index in [-0.39, 0.29) is 0 Å². The SMILES string of the molecule is O=[N+]([O-])C=C(NCc1cccnc1)N1CCOCC1. The van der Waals surface area contributed by atoms with Crippen LogP contribution in [-0.2, 0) is 11.3 Å². The molecule has 0 unspecified atom stereocenters. The van der Waals surface area contributed by atoms with Crippen LogP contribution in [0.2, 0.25) is 0 Å². The molecular formula is C12H16N4O3. The van der Waals surface area contributed by atoms with Crippen molar-refractivity contribution in [2.24, 2.45) is 0 Å². The van der Waals surface area contributed by atoms with Gasteiger partial charge in [-0.05, 0) is 11.6 Å². The molecule has 0 aliphatic carbocycles. The Morgan fingerprint density at radius 3 is 3.00 bits per heavy atom. The van der Waals surface area contributed by atoms with Crippen LogP contribution in [-0.4, -0.2) is 41.1 Å². The van der Waals surface area contributed by atoms with Gasteiger partial charge in [-0.25, -0.2) is 0 Å². The fraction of sp³-hybridized carbons (Fsp3) is 0.417. The summed E-state index contributed by atoms with van der Waals surface area (Å²) in [5.74, 6) is 0.511. The van der Waals surface area contributed by atoms with Crippen LogP contribution in [0.4, 0.5) is 0 Å². The maximum absolute atomic E-state index is 10.7. The molecule has 0 aromatic carbocycles. The van der Waals surface area contributed by atoms with Crippen LogP contribution in [0.1, 0.15) is 5.56 Å². The van der Waals surface area contributed by atoms with Gasteiger partial charge in [-0.3, -0.25) is 15.1 Å². The second-order valence-corrected chi connectivity index (χ2v) is 4.11. The molecule has 7 heteroatoms. The van der Waals surface area contributed by atoms with Crippen molar-refractivity contribution in [1.29, 1.82) is 0 Å². The molecular weight excluding hydrogens is 248 g/mol. The first-order valence-corrected chi connectivity index (χ1v) is 6.06. The summed E-state index contributed by atoms with van der Waals surface area (Å²) in [5, 5.41) is 13.8. The van der Waals surface area contributed by atoms with Crippen LogP contribution in [0.3, 0.4) is 0 Å². The number of morpholine rings is 1. The van der Waals surface area contributed by atoms with E-state index in [9.17, 15) is 10.1 Å². The van der Waals surface area contributed by atoms with Crippen LogP contribution in [0, 0.1) is 10.1 Å². The lowest BCUT2D eigenvalue weighted by Crippen LogP contribution is -2.40. The smallest absolute Gasteiger partial charge is 0.274 e. The first-order valence-electron chi connectivity index (χ1n) is 6.06. The lowest BCUT2D eigenvalue weighted by molar-refractivity contribution is -0.404. The van der Waals surface area contributed by atoms with Crippen molar-refractivity contribution in [1.82, 2.24) is 15.2 Å². The van der Waals surface area contributed by atoms with Gasteiger partial charge in [0.1, 0.15) is 0 Å². The van der Waals surface area contributed by atoms with E-state index in [1.807, 2.05) is 17.0 Å². The van der Waals surface area contributed by atoms with Gasteiger partial charge in [0.05, 0.1) is 18.1 Å². The molecule has 7 nitrogen and oxygen atoms in total. The molecule has 0 saturated carbocycles. The third-order valence-electron chi connectivity index (χ3n) is 2.78. The van der Waals surface area contributed by atoms with E-state index in [0.717, 1.165) is 11.8 Å². The molecule has 1 N–H and O–H groups in total. The molecule has 1 aliphatic heterocycles. The van der Waals surface area contributed by atoms with Crippen molar-refractivity contribution in [3.05, 3.63) is 52.2 Å². The molecule has 1 aromatic heterocycles. The van der Waals surface area contributed by atoms with E-state index in [1.54, 1.807) is 12.4 Å². The summed E-state index contributed by atoms with van der Waals surface area (Å²) in [7, 11) is 0. The highest BCUT2D eigenvalue weighted by molar-refractivity contribution is 5.10. The molecule has 1 aromatic rings. The van der Waals surface area contributed by atoms with Crippen molar-refractivity contribution in [2.45, 2.75) is 6.54 Å². The number of rotatable bonds is 5. The zero-order chi connectivity index (χ0) is 13.5. The first kappa shape index (κ1) is 13.3. The molecule has 102 valence electrons. The molecule has 2 rings (SSSR count). The van der Waals surface area contributed by atoms with Gasteiger partial charge in [0.2, 0.25) is 0 Å². The average molecular weight is 264 g/mol. The molecule has 19 heavy (non-hydrogen) atoms. The minimum absolute atomic E-state index is 0.443. The number of ether oxygens (including phenoxy) is 1. The highest BCUT2D eigenvalue weighted by Gasteiger charge is 2.16. The van der Waals surface area contributed by atoms with Gasteiger partial charge in [-0.2, -0.15) is 0 Å². The van der Waals surface area contributed by atoms with Crippen molar-refractivity contribution < 1.29 is 9.66 Å². The van der Waals surface area contributed by atoms with E-state index < -0.39 is 4.92 Å². The molecule has 0 radical (unpaired) electrons. The van der Waals surface area contributed by atoms with Gasteiger partial charge >= 0.3 is 0 Å². The predicted molar refractivity (Wildman–Crippen MR) is 68.5 cm³/mol. The van der Waals surface area contributed by atoms with Gasteiger partial charge in [0.15, 0.2) is 5.82 Å². The minimum Gasteiger partial charge on any atom is -0.378 e. The fourth-order valence-electron chi connectivity index (χ4n) is 1.84. The Bertz CT molecular complexity index is 444. The second-order valence-electron chi connectivity index (χ2n) is 4.11. The molecule has 0 amide bonds. The zero-order valence-electron chi connectivity index (χ0n) is 10.5. The summed E-state index contributed by atoms with van der Waals surface area (Å²) in [5.41, 5.74) is 0.977. The van der Waals surface area contributed by atoms with Gasteiger partial charge in [0.25, 0.3) is 6.20 Å². The lowest BCUT2D eigenvalue weighted by Gasteiger charge is -2.29. The molecule has 2 heterocycles. The van der Waals surface area contributed by atoms with Crippen molar-refractivity contribution in [3.8, 4) is 0 Å². The lowest BCUT2D eigenvalue weighted by atomic mass is 10.3. The Hall–Kier alpha value is -2.15. The highest BCUT2D eigenvalue weighted by Crippen LogP contribution is 2.06. The van der Waals surface area contributed by atoms with E-state index in [4.69, 9.17) is 4.74 Å². The third-order valence-corrected chi connectivity index (χ3v) is 2.78. The average Bonchev–Trinajstić information content (AvgIpc) is 2.45. The first-order chi connectivity index (χ1) is 9.25. The van der Waals surface area contributed by atoms with Crippen LogP contribution in [0.15, 0.2) is 36.5 Å². The van der Waals surface area contributed by atoms with Crippen molar-refractivity contribution >= 4 is 0 Å². The quantitative estimate of drug-likeness (QED) is 0.619. The summed E-state index contributed by atoms with van der Waals surface area (Å²) >= 11 is 0. The summed E-state index contributed by atoms with van der Waals surface area (Å²) in [4.78, 5) is 16.2. The number of nitro groups is 1. The predicted octanol–water partition coefficient (Wildman–Crippen LogP) is 0.579. The molecule has 0 bridgehead atoms. The van der Waals surface area contributed by atoms with Gasteiger partial charge < -0.3 is 15.0 Å². The largest absolute Gasteiger partial charge is 0.378 e. The number of nitrogens with zero attached hydrogens (tertiary/aromatic N) is 3. The zero-order valence-corrected chi connectivity index (χ0v) is 10.5. The standard InChI is InChI=1S/C12H16N4O3/c17-16(18)10-12(15-4-6-19-7-5-15)14-9-11-2-1-3-13-8-11/h1-3,8,10,14H,4-7,9H2. The number of aromatic nitrogens is 1. The Morgan fingerprint density at radius 1 is 1.58 bits per heavy atom. The van der Waals surface area contributed by atoms with Crippen LogP contribution in [0.25, 0.3) is 0 Å². The molecule has 1 aliphatic rings. The van der Waals surface area contributed by atoms with Gasteiger partial charge in [-0.1, -0.05) is 6.07 Å². The fourth-order valence-corrected chi connectivity index (χ4v) is 1.84. The Labute approximate surface area is 111 Å². The monoisotopic (exact) mass is 264 g/mol. The van der Waals surface area contributed by atoms with E-state index in [0.29, 0.717) is 38.7 Å². The second kappa shape index (κ2) is 6.69. The number of hydrogen-bond donors (Lipinski definition) is 1. The summed E-state index contributed by atoms with van der Waals surface area (Å²) in [6, 6.07) is 3.76. The minimum atomic E-state index is -0.443. The highest BCUT2D eigenvalue weighted by atomic mass is 16.6. The number of nitrogens with one attached hydrogen (secondary N) is 1. The molecule has 1 saturated heterocycles. The van der Waals surface area contributed by atoms with Crippen LogP contribution >= 0.6 is 0 Å². The van der Waals surface area contributed by atoms with Crippen LogP contribution < -0.4 is 5.32 Å². The van der Waals surface area contributed by atoms with Gasteiger partial charge in [0, 0.05) is 32.0 Å². The summed E-state index contributed by atoms with van der Waals surface area (Å²) in [6.07, 6.45) is 4.43. The Balaban J connectivity index is 2.00. The summed E-state index contributed by atoms with van der Waals surface area (Å²) in [6.45, 7) is 2.98. The molecule has 0 atom stereocenters. The van der Waals surface area contributed by atoms with E-state index in [2.05, 4.69) is 10.3 Å². The topological polar surface area (TPSA) is 80.5 Å². The molecule has 0 spiro atoms. The number of hydrogen-bond acceptors (Lipinski definition) is 6. The normalized spacial score (nSPS) is 16.2. The van der Waals surface area contributed by atoms with E-state index in [1.165, 1.54) is 0 Å². The number of pyridine rings is 1. The molecule has 1 fully saturated rings. The van der Waals surface area contributed by atoms with Crippen molar-refractivity contribution in [2.75, 3.05) is 26.3 Å². The Kier molecular flexibility index (Phi) is 4.68. The Morgan fingerprint density at radius 2 is 2.37 bits per heavy atom. The van der Waals surface area contributed by atoms with Crippen LogP contribution in [0.5, 0.6) is 0 Å². The van der Waals surface area contributed by atoms with Gasteiger partial charge in [-0.15, -0.1) is 0 Å². The summed E-state index contributed by atoms with van der Waals surface area (Å²) < 4.78 is 5.24. The third kappa shape index (κ3) is 4.22. The van der Waals surface area contributed by atoms with E-state index >= 15 is 0 Å². The maximum Gasteiger partial charge on any atom is 0.274 e. The maximum atomic E-state index is 10.7. The van der Waals surface area contributed by atoms with Crippen molar-refractivity contribution in [3.63, 3.8) is 0 Å².